The van der Waals surface area contributed by atoms with E-state index in [2.05, 4.69) is 5.73 Å². The highest BCUT2D eigenvalue weighted by molar-refractivity contribution is 7.90. The molecule has 0 amide bonds. The molecular formula is C5H10F3NO2S. The summed E-state index contributed by atoms with van der Waals surface area (Å²) in [6, 6.07) is 0. The van der Waals surface area contributed by atoms with Crippen LogP contribution in [0.2, 0.25) is 0 Å². The molecule has 0 aliphatic carbocycles. The molecule has 2 N–H and O–H groups in total. The summed E-state index contributed by atoms with van der Waals surface area (Å²) in [5.41, 5.74) is 4.38. The number of sulfone groups is 1. The second-order valence-electron chi connectivity index (χ2n) is 2.50. The summed E-state index contributed by atoms with van der Waals surface area (Å²) in [7, 11) is -3.64. The Kier molecular flexibility index (Phi) is 3.98. The van der Waals surface area contributed by atoms with Gasteiger partial charge in [0.2, 0.25) is 0 Å². The van der Waals surface area contributed by atoms with Crippen LogP contribution in [0.3, 0.4) is 0 Å². The Morgan fingerprint density at radius 2 is 1.75 bits per heavy atom. The maximum Gasteiger partial charge on any atom is 0.183 e. The number of rotatable bonds is 4. The molecule has 0 aliphatic heterocycles. The quantitative estimate of drug-likeness (QED) is 0.655. The minimum absolute atomic E-state index is 0.732. The normalized spacial score (nSPS) is 20.1. The summed E-state index contributed by atoms with van der Waals surface area (Å²) < 4.78 is 57.5. The number of hydrogen-bond acceptors (Lipinski definition) is 3. The molecule has 0 aromatic heterocycles. The highest BCUT2D eigenvalue weighted by atomic mass is 32.2. The van der Waals surface area contributed by atoms with Crippen LogP contribution in [-0.4, -0.2) is 39.1 Å². The van der Waals surface area contributed by atoms with Crippen molar-refractivity contribution in [2.24, 2.45) is 5.73 Å². The molecule has 0 bridgehead atoms. The van der Waals surface area contributed by atoms with Crippen LogP contribution in [0.4, 0.5) is 13.2 Å². The van der Waals surface area contributed by atoms with Crippen LogP contribution in [0.5, 0.6) is 0 Å². The lowest BCUT2D eigenvalue weighted by Gasteiger charge is -2.12. The molecule has 74 valence electrons. The van der Waals surface area contributed by atoms with Crippen LogP contribution in [-0.2, 0) is 9.84 Å². The lowest BCUT2D eigenvalue weighted by Crippen LogP contribution is -2.37. The van der Waals surface area contributed by atoms with Gasteiger partial charge in [0, 0.05) is 6.26 Å². The zero-order valence-electron chi connectivity index (χ0n) is 6.38. The Labute approximate surface area is 68.7 Å². The van der Waals surface area contributed by atoms with E-state index in [0.29, 0.717) is 0 Å². The Morgan fingerprint density at radius 3 is 2.00 bits per heavy atom. The third-order valence-electron chi connectivity index (χ3n) is 1.11. The zero-order valence-corrected chi connectivity index (χ0v) is 7.19. The van der Waals surface area contributed by atoms with E-state index in [1.165, 1.54) is 0 Å². The van der Waals surface area contributed by atoms with Gasteiger partial charge in [0.25, 0.3) is 0 Å². The van der Waals surface area contributed by atoms with Crippen LogP contribution in [0.15, 0.2) is 0 Å². The second kappa shape index (κ2) is 4.08. The lowest BCUT2D eigenvalue weighted by molar-refractivity contribution is 0.0966. The van der Waals surface area contributed by atoms with Gasteiger partial charge >= 0.3 is 0 Å². The molecule has 0 rings (SSSR count). The van der Waals surface area contributed by atoms with Gasteiger partial charge in [-0.1, -0.05) is 0 Å². The van der Waals surface area contributed by atoms with Crippen molar-refractivity contribution in [1.82, 2.24) is 0 Å². The first-order chi connectivity index (χ1) is 5.24. The molecule has 0 saturated heterocycles. The van der Waals surface area contributed by atoms with Crippen molar-refractivity contribution in [3.63, 3.8) is 0 Å². The van der Waals surface area contributed by atoms with E-state index >= 15 is 0 Å². The molecule has 12 heavy (non-hydrogen) atoms. The molecule has 3 atom stereocenters. The SMILES string of the molecule is CS(=O)(=O)CC(F)C(F)C(N)F. The van der Waals surface area contributed by atoms with Gasteiger partial charge in [0.15, 0.2) is 12.5 Å². The van der Waals surface area contributed by atoms with Gasteiger partial charge in [-0.3, -0.25) is 5.73 Å². The van der Waals surface area contributed by atoms with Gasteiger partial charge in [-0.2, -0.15) is 0 Å². The molecule has 0 aromatic carbocycles. The third kappa shape index (κ3) is 4.55. The fourth-order valence-corrected chi connectivity index (χ4v) is 1.34. The monoisotopic (exact) mass is 205 g/mol. The first kappa shape index (κ1) is 11.7. The van der Waals surface area contributed by atoms with E-state index in [1.807, 2.05) is 0 Å². The van der Waals surface area contributed by atoms with Gasteiger partial charge < -0.3 is 0 Å². The van der Waals surface area contributed by atoms with Crippen molar-refractivity contribution >= 4 is 9.84 Å². The van der Waals surface area contributed by atoms with Crippen molar-refractivity contribution in [2.75, 3.05) is 12.0 Å². The Balaban J connectivity index is 4.14. The Morgan fingerprint density at radius 1 is 1.33 bits per heavy atom. The van der Waals surface area contributed by atoms with Gasteiger partial charge in [0.05, 0.1) is 5.75 Å². The first-order valence-corrected chi connectivity index (χ1v) is 5.15. The van der Waals surface area contributed by atoms with E-state index in [4.69, 9.17) is 0 Å². The average Bonchev–Trinajstić information content (AvgIpc) is 1.82. The van der Waals surface area contributed by atoms with Crippen LogP contribution in [0.1, 0.15) is 0 Å². The number of alkyl halides is 3. The summed E-state index contributed by atoms with van der Waals surface area (Å²) in [6.07, 6.45) is -6.74. The molecule has 0 aliphatic rings. The summed E-state index contributed by atoms with van der Waals surface area (Å²) >= 11 is 0. The Bertz CT molecular complexity index is 229. The second-order valence-corrected chi connectivity index (χ2v) is 4.68. The lowest BCUT2D eigenvalue weighted by atomic mass is 10.2. The Hall–Kier alpha value is -0.300. The molecule has 3 unspecified atom stereocenters. The van der Waals surface area contributed by atoms with Crippen LogP contribution < -0.4 is 5.73 Å². The van der Waals surface area contributed by atoms with E-state index < -0.39 is 34.2 Å². The van der Waals surface area contributed by atoms with Gasteiger partial charge in [0.1, 0.15) is 16.0 Å². The molecule has 0 heterocycles. The maximum absolute atomic E-state index is 12.5. The van der Waals surface area contributed by atoms with Crippen LogP contribution in [0.25, 0.3) is 0 Å². The van der Waals surface area contributed by atoms with Crippen molar-refractivity contribution in [2.45, 2.75) is 18.6 Å². The van der Waals surface area contributed by atoms with Gasteiger partial charge in [-0.25, -0.2) is 21.6 Å². The third-order valence-corrected chi connectivity index (χ3v) is 2.04. The number of halogens is 3. The molecule has 0 spiro atoms. The molecular weight excluding hydrogens is 195 g/mol. The largest absolute Gasteiger partial charge is 0.299 e. The number of hydrogen-bond donors (Lipinski definition) is 1. The van der Waals surface area contributed by atoms with Gasteiger partial charge in [-0.15, -0.1) is 0 Å². The van der Waals surface area contributed by atoms with Crippen molar-refractivity contribution < 1.29 is 21.6 Å². The zero-order chi connectivity index (χ0) is 9.94. The standard InChI is InChI=1S/C5H10F3NO2S/c1-12(10,11)2-3(6)4(7)5(8)9/h3-5H,2,9H2,1H3. The molecule has 0 radical (unpaired) electrons. The summed E-state index contributed by atoms with van der Waals surface area (Å²) in [5, 5.41) is 0. The topological polar surface area (TPSA) is 60.2 Å². The average molecular weight is 205 g/mol. The van der Waals surface area contributed by atoms with E-state index in [0.717, 1.165) is 6.26 Å². The number of nitrogens with two attached hydrogens (primary N) is 1. The molecule has 0 saturated carbocycles. The van der Waals surface area contributed by atoms with E-state index in [1.54, 1.807) is 0 Å². The van der Waals surface area contributed by atoms with Gasteiger partial charge in [-0.05, 0) is 0 Å². The van der Waals surface area contributed by atoms with E-state index in [9.17, 15) is 21.6 Å². The minimum atomic E-state index is -3.64. The van der Waals surface area contributed by atoms with Crippen molar-refractivity contribution in [3.05, 3.63) is 0 Å². The fraction of sp³-hybridized carbons (Fsp3) is 1.00. The molecule has 0 fully saturated rings. The summed E-state index contributed by atoms with van der Waals surface area (Å²) in [6.45, 7) is 0. The fourth-order valence-electron chi connectivity index (χ4n) is 0.581. The minimum Gasteiger partial charge on any atom is -0.299 e. The molecule has 0 aromatic rings. The van der Waals surface area contributed by atoms with Crippen molar-refractivity contribution in [1.29, 1.82) is 0 Å². The highest BCUT2D eigenvalue weighted by Gasteiger charge is 2.29. The highest BCUT2D eigenvalue weighted by Crippen LogP contribution is 2.10. The molecule has 3 nitrogen and oxygen atoms in total. The van der Waals surface area contributed by atoms with E-state index in [-0.39, 0.29) is 0 Å². The predicted molar refractivity (Wildman–Crippen MR) is 38.6 cm³/mol. The predicted octanol–water partition coefficient (Wildman–Crippen LogP) is -0.0385. The first-order valence-electron chi connectivity index (χ1n) is 3.09. The van der Waals surface area contributed by atoms with Crippen molar-refractivity contribution in [3.8, 4) is 0 Å². The van der Waals surface area contributed by atoms with Crippen LogP contribution in [0, 0.1) is 0 Å². The smallest absolute Gasteiger partial charge is 0.183 e. The summed E-state index contributed by atoms with van der Waals surface area (Å²) in [4.78, 5) is 0. The summed E-state index contributed by atoms with van der Waals surface area (Å²) in [5.74, 6) is -1.05. The van der Waals surface area contributed by atoms with Crippen LogP contribution >= 0.6 is 0 Å². The maximum atomic E-state index is 12.5. The molecule has 7 heteroatoms.